The molecule has 0 aromatic heterocycles. The van der Waals surface area contributed by atoms with E-state index in [1.54, 1.807) is 0 Å². The van der Waals surface area contributed by atoms with Gasteiger partial charge < -0.3 is 15.3 Å². The van der Waals surface area contributed by atoms with Crippen molar-refractivity contribution >= 4 is 17.8 Å². The fraction of sp³-hybridized carbons (Fsp3) is 0.800. The molecule has 1 saturated heterocycles. The van der Waals surface area contributed by atoms with Gasteiger partial charge in [-0.1, -0.05) is 13.8 Å². The quantitative estimate of drug-likeness (QED) is 0.788. The van der Waals surface area contributed by atoms with Crippen LogP contribution in [-0.4, -0.2) is 47.4 Å². The first-order chi connectivity index (χ1) is 9.85. The molecule has 118 valence electrons. The Labute approximate surface area is 124 Å². The molecule has 6 nitrogen and oxygen atoms in total. The van der Waals surface area contributed by atoms with Crippen molar-refractivity contribution in [2.24, 2.45) is 17.3 Å². The second-order valence-electron chi connectivity index (χ2n) is 6.56. The van der Waals surface area contributed by atoms with Crippen LogP contribution in [0.5, 0.6) is 0 Å². The first-order valence-electron chi connectivity index (χ1n) is 7.65. The summed E-state index contributed by atoms with van der Waals surface area (Å²) in [5, 5.41) is 11.9. The number of carbonyl (C=O) groups is 3. The number of nitrogens with one attached hydrogen (secondary N) is 1. The second-order valence-corrected chi connectivity index (χ2v) is 6.56. The molecule has 1 heterocycles. The number of nitrogens with zero attached hydrogens (tertiary/aromatic N) is 1. The maximum Gasteiger partial charge on any atom is 0.311 e. The number of carboxylic acids is 1. The number of aliphatic carboxylic acids is 1. The molecule has 2 aliphatic rings. The number of rotatable bonds is 5. The van der Waals surface area contributed by atoms with E-state index in [1.165, 1.54) is 0 Å². The molecule has 2 N–H and O–H groups in total. The molecule has 2 fully saturated rings. The molecular weight excluding hydrogens is 272 g/mol. The Hall–Kier alpha value is -1.59. The summed E-state index contributed by atoms with van der Waals surface area (Å²) in [6.45, 7) is 5.20. The Balaban J connectivity index is 1.76. The molecule has 2 rings (SSSR count). The van der Waals surface area contributed by atoms with Crippen LogP contribution in [0.1, 0.15) is 39.5 Å². The summed E-state index contributed by atoms with van der Waals surface area (Å²) in [6.07, 6.45) is 2.60. The van der Waals surface area contributed by atoms with Gasteiger partial charge in [-0.25, -0.2) is 0 Å². The van der Waals surface area contributed by atoms with Crippen molar-refractivity contribution < 1.29 is 19.5 Å². The van der Waals surface area contributed by atoms with Crippen LogP contribution in [-0.2, 0) is 14.4 Å². The fourth-order valence-corrected chi connectivity index (χ4v) is 2.75. The largest absolute Gasteiger partial charge is 0.481 e. The van der Waals surface area contributed by atoms with Gasteiger partial charge in [0.15, 0.2) is 0 Å². The molecule has 2 amide bonds. The lowest BCUT2D eigenvalue weighted by Gasteiger charge is -2.32. The van der Waals surface area contributed by atoms with Crippen molar-refractivity contribution in [1.29, 1.82) is 0 Å². The molecule has 1 aliphatic heterocycles. The zero-order valence-electron chi connectivity index (χ0n) is 12.7. The van der Waals surface area contributed by atoms with Crippen LogP contribution in [0.3, 0.4) is 0 Å². The van der Waals surface area contributed by atoms with Gasteiger partial charge in [0.2, 0.25) is 11.8 Å². The zero-order valence-corrected chi connectivity index (χ0v) is 12.7. The summed E-state index contributed by atoms with van der Waals surface area (Å²) >= 11 is 0. The van der Waals surface area contributed by atoms with Gasteiger partial charge in [-0.3, -0.25) is 14.4 Å². The number of carboxylic acid groups (broad SMARTS) is 1. The average molecular weight is 296 g/mol. The summed E-state index contributed by atoms with van der Waals surface area (Å²) in [5.74, 6) is -0.873. The van der Waals surface area contributed by atoms with Crippen LogP contribution in [0.4, 0.5) is 0 Å². The van der Waals surface area contributed by atoms with E-state index in [1.807, 2.05) is 18.7 Å². The van der Waals surface area contributed by atoms with Gasteiger partial charge >= 0.3 is 5.97 Å². The molecule has 6 heteroatoms. The normalized spacial score (nSPS) is 21.2. The topological polar surface area (TPSA) is 86.7 Å². The lowest BCUT2D eigenvalue weighted by atomic mass is 9.94. The monoisotopic (exact) mass is 296 g/mol. The number of piperidine rings is 1. The van der Waals surface area contributed by atoms with E-state index in [2.05, 4.69) is 5.32 Å². The minimum atomic E-state index is -0.819. The SMILES string of the molecule is CC(C)C(=O)N1CCC(C(=O)NCC2(C(=O)O)CC2)CC1. The van der Waals surface area contributed by atoms with E-state index in [4.69, 9.17) is 5.11 Å². The van der Waals surface area contributed by atoms with Crippen molar-refractivity contribution in [2.75, 3.05) is 19.6 Å². The molecule has 0 atom stereocenters. The van der Waals surface area contributed by atoms with E-state index in [9.17, 15) is 14.4 Å². The average Bonchev–Trinajstić information content (AvgIpc) is 3.25. The van der Waals surface area contributed by atoms with E-state index in [0.717, 1.165) is 0 Å². The molecule has 21 heavy (non-hydrogen) atoms. The van der Waals surface area contributed by atoms with Gasteiger partial charge in [-0.15, -0.1) is 0 Å². The smallest absolute Gasteiger partial charge is 0.311 e. The lowest BCUT2D eigenvalue weighted by molar-refractivity contribution is -0.143. The summed E-state index contributed by atoms with van der Waals surface area (Å²) in [5.41, 5.74) is -0.718. The first kappa shape index (κ1) is 15.8. The number of likely N-dealkylation sites (tertiary alicyclic amines) is 1. The van der Waals surface area contributed by atoms with Gasteiger partial charge in [-0.2, -0.15) is 0 Å². The standard InChI is InChI=1S/C15H24N2O4/c1-10(2)13(19)17-7-3-11(4-8-17)12(18)16-9-15(5-6-15)14(20)21/h10-11H,3-9H2,1-2H3,(H,16,18)(H,20,21). The van der Waals surface area contributed by atoms with Crippen molar-refractivity contribution in [3.63, 3.8) is 0 Å². The summed E-state index contributed by atoms with van der Waals surface area (Å²) in [7, 11) is 0. The van der Waals surface area contributed by atoms with Crippen LogP contribution in [0.15, 0.2) is 0 Å². The van der Waals surface area contributed by atoms with Crippen molar-refractivity contribution in [2.45, 2.75) is 39.5 Å². The van der Waals surface area contributed by atoms with E-state index < -0.39 is 11.4 Å². The zero-order chi connectivity index (χ0) is 15.6. The highest BCUT2D eigenvalue weighted by molar-refractivity contribution is 5.82. The van der Waals surface area contributed by atoms with Gasteiger partial charge in [0.1, 0.15) is 0 Å². The van der Waals surface area contributed by atoms with Gasteiger partial charge in [0, 0.05) is 31.5 Å². The highest BCUT2D eigenvalue weighted by Gasteiger charge is 2.50. The van der Waals surface area contributed by atoms with E-state index in [-0.39, 0.29) is 30.2 Å². The van der Waals surface area contributed by atoms with Gasteiger partial charge in [0.25, 0.3) is 0 Å². The molecule has 0 bridgehead atoms. The van der Waals surface area contributed by atoms with Gasteiger partial charge in [0.05, 0.1) is 5.41 Å². The predicted octanol–water partition coefficient (Wildman–Crippen LogP) is 0.862. The lowest BCUT2D eigenvalue weighted by Crippen LogP contribution is -2.45. The number of amides is 2. The van der Waals surface area contributed by atoms with Crippen LogP contribution in [0, 0.1) is 17.3 Å². The minimum Gasteiger partial charge on any atom is -0.481 e. The van der Waals surface area contributed by atoms with Crippen LogP contribution >= 0.6 is 0 Å². The molecular formula is C15H24N2O4. The Bertz CT molecular complexity index is 435. The van der Waals surface area contributed by atoms with Crippen LogP contribution < -0.4 is 5.32 Å². The van der Waals surface area contributed by atoms with E-state index >= 15 is 0 Å². The highest BCUT2D eigenvalue weighted by atomic mass is 16.4. The van der Waals surface area contributed by atoms with E-state index in [0.29, 0.717) is 38.8 Å². The highest BCUT2D eigenvalue weighted by Crippen LogP contribution is 2.45. The molecule has 0 radical (unpaired) electrons. The molecule has 0 aromatic rings. The Morgan fingerprint density at radius 2 is 1.81 bits per heavy atom. The number of carbonyl (C=O) groups excluding carboxylic acids is 2. The van der Waals surface area contributed by atoms with Crippen molar-refractivity contribution in [3.05, 3.63) is 0 Å². The molecule has 0 unspecified atom stereocenters. The fourth-order valence-electron chi connectivity index (χ4n) is 2.75. The third-order valence-corrected chi connectivity index (χ3v) is 4.58. The predicted molar refractivity (Wildman–Crippen MR) is 76.5 cm³/mol. The maximum absolute atomic E-state index is 12.1. The molecule has 0 aromatic carbocycles. The summed E-state index contributed by atoms with van der Waals surface area (Å²) in [4.78, 5) is 36.8. The Kier molecular flexibility index (Phi) is 4.54. The van der Waals surface area contributed by atoms with Crippen molar-refractivity contribution in [3.8, 4) is 0 Å². The third kappa shape index (κ3) is 3.54. The maximum atomic E-state index is 12.1. The number of hydrogen-bond acceptors (Lipinski definition) is 3. The molecule has 1 saturated carbocycles. The minimum absolute atomic E-state index is 0.0133. The second kappa shape index (κ2) is 6.03. The van der Waals surface area contributed by atoms with Crippen LogP contribution in [0.25, 0.3) is 0 Å². The van der Waals surface area contributed by atoms with Gasteiger partial charge in [-0.05, 0) is 25.7 Å². The third-order valence-electron chi connectivity index (χ3n) is 4.58. The summed E-state index contributed by atoms with van der Waals surface area (Å²) in [6, 6.07) is 0. The first-order valence-corrected chi connectivity index (χ1v) is 7.65. The summed E-state index contributed by atoms with van der Waals surface area (Å²) < 4.78 is 0. The Morgan fingerprint density at radius 3 is 2.24 bits per heavy atom. The molecule has 0 spiro atoms. The molecule has 1 aliphatic carbocycles. The van der Waals surface area contributed by atoms with Crippen LogP contribution in [0.2, 0.25) is 0 Å². The van der Waals surface area contributed by atoms with Crippen molar-refractivity contribution in [1.82, 2.24) is 10.2 Å². The Morgan fingerprint density at radius 1 is 1.24 bits per heavy atom. The number of hydrogen-bond donors (Lipinski definition) is 2.